The van der Waals surface area contributed by atoms with Gasteiger partial charge in [0.1, 0.15) is 6.04 Å². The molecule has 116 valence electrons. The van der Waals surface area contributed by atoms with Crippen LogP contribution in [0, 0.1) is 15.9 Å². The van der Waals surface area contributed by atoms with Crippen molar-refractivity contribution in [2.45, 2.75) is 24.0 Å². The lowest BCUT2D eigenvalue weighted by atomic mass is 10.2. The van der Waals surface area contributed by atoms with Crippen LogP contribution in [0.25, 0.3) is 0 Å². The summed E-state index contributed by atoms with van der Waals surface area (Å²) < 4.78 is 38.6. The molecule has 9 nitrogen and oxygen atoms in total. The minimum atomic E-state index is -4.48. The van der Waals surface area contributed by atoms with Crippen LogP contribution >= 0.6 is 0 Å². The highest BCUT2D eigenvalue weighted by Crippen LogP contribution is 2.21. The summed E-state index contributed by atoms with van der Waals surface area (Å²) in [5.41, 5.74) is -1.07. The summed E-state index contributed by atoms with van der Waals surface area (Å²) >= 11 is 0. The lowest BCUT2D eigenvalue weighted by Crippen LogP contribution is -2.47. The molecule has 0 aromatic heterocycles. The van der Waals surface area contributed by atoms with Gasteiger partial charge in [0.2, 0.25) is 15.8 Å². The zero-order valence-corrected chi connectivity index (χ0v) is 11.4. The average molecular weight is 322 g/mol. The highest BCUT2D eigenvalue weighted by molar-refractivity contribution is 7.89. The number of aliphatic hydroxyl groups is 1. The molecule has 0 aliphatic rings. The molecule has 0 amide bonds. The third kappa shape index (κ3) is 3.93. The smallest absolute Gasteiger partial charge is 0.324 e. The van der Waals surface area contributed by atoms with Crippen LogP contribution in [0.15, 0.2) is 23.1 Å². The van der Waals surface area contributed by atoms with Gasteiger partial charge in [-0.2, -0.15) is 9.11 Å². The highest BCUT2D eigenvalue weighted by atomic mass is 32.2. The molecule has 3 N–H and O–H groups in total. The second-order valence-corrected chi connectivity index (χ2v) is 5.76. The van der Waals surface area contributed by atoms with Crippen LogP contribution in [0.4, 0.5) is 10.1 Å². The fourth-order valence-corrected chi connectivity index (χ4v) is 2.67. The molecule has 0 aliphatic carbocycles. The van der Waals surface area contributed by atoms with Gasteiger partial charge in [0, 0.05) is 6.07 Å². The number of aliphatic hydroxyl groups excluding tert-OH is 1. The molecule has 2 unspecified atom stereocenters. The Bertz CT molecular complexity index is 674. The monoisotopic (exact) mass is 322 g/mol. The quantitative estimate of drug-likeness (QED) is 0.487. The van der Waals surface area contributed by atoms with Gasteiger partial charge in [-0.25, -0.2) is 8.42 Å². The second-order valence-electron chi connectivity index (χ2n) is 4.05. The van der Waals surface area contributed by atoms with E-state index in [9.17, 15) is 32.8 Å². The van der Waals surface area contributed by atoms with E-state index in [1.165, 1.54) is 0 Å². The van der Waals surface area contributed by atoms with Crippen LogP contribution in [0.2, 0.25) is 0 Å². The summed E-state index contributed by atoms with van der Waals surface area (Å²) in [5.74, 6) is -2.87. The molecule has 1 aromatic rings. The van der Waals surface area contributed by atoms with Gasteiger partial charge in [-0.3, -0.25) is 14.9 Å². The zero-order chi connectivity index (χ0) is 16.4. The Morgan fingerprint density at radius 2 is 2.05 bits per heavy atom. The Hall–Kier alpha value is -2.11. The number of hydrogen-bond donors (Lipinski definition) is 3. The van der Waals surface area contributed by atoms with Crippen molar-refractivity contribution in [3.05, 3.63) is 34.1 Å². The highest BCUT2D eigenvalue weighted by Gasteiger charge is 2.30. The van der Waals surface area contributed by atoms with Crippen molar-refractivity contribution in [1.82, 2.24) is 4.72 Å². The van der Waals surface area contributed by atoms with Gasteiger partial charge in [-0.15, -0.1) is 0 Å². The molecule has 0 aliphatic heterocycles. The standard InChI is InChI=1S/C10H11FN2O7S/c1-5(14)9(10(15)16)12-21(19,20)6-2-3-7(11)8(4-6)13(17)18/h2-5,9,12,14H,1H3,(H,15,16). The van der Waals surface area contributed by atoms with Crippen LogP contribution in [-0.2, 0) is 14.8 Å². The third-order valence-corrected chi connectivity index (χ3v) is 3.89. The van der Waals surface area contributed by atoms with Crippen molar-refractivity contribution in [2.75, 3.05) is 0 Å². The summed E-state index contributed by atoms with van der Waals surface area (Å²) in [5, 5.41) is 28.5. The minimum absolute atomic E-state index is 0.457. The van der Waals surface area contributed by atoms with E-state index in [1.54, 1.807) is 4.72 Å². The first-order chi connectivity index (χ1) is 9.56. The van der Waals surface area contributed by atoms with Crippen molar-refractivity contribution in [3.8, 4) is 0 Å². The fourth-order valence-electron chi connectivity index (χ4n) is 1.39. The molecule has 0 spiro atoms. The predicted octanol–water partition coefficient (Wildman–Crippen LogP) is -0.154. The number of halogens is 1. The number of nitro groups is 1. The molecular formula is C10H11FN2O7S. The Morgan fingerprint density at radius 3 is 2.48 bits per heavy atom. The normalized spacial score (nSPS) is 14.4. The van der Waals surface area contributed by atoms with Crippen molar-refractivity contribution in [1.29, 1.82) is 0 Å². The fraction of sp³-hybridized carbons (Fsp3) is 0.300. The number of aliphatic carboxylic acids is 1. The Morgan fingerprint density at radius 1 is 1.48 bits per heavy atom. The van der Waals surface area contributed by atoms with E-state index in [-0.39, 0.29) is 0 Å². The summed E-state index contributed by atoms with van der Waals surface area (Å²) in [6.07, 6.45) is -1.55. The number of rotatable bonds is 6. The largest absolute Gasteiger partial charge is 0.480 e. The van der Waals surface area contributed by atoms with E-state index in [2.05, 4.69) is 0 Å². The summed E-state index contributed by atoms with van der Waals surface area (Å²) in [6, 6.07) is -0.0751. The first-order valence-corrected chi connectivity index (χ1v) is 6.91. The molecule has 0 saturated heterocycles. The number of carboxylic acids is 1. The molecule has 0 fully saturated rings. The molecule has 0 saturated carbocycles. The first-order valence-electron chi connectivity index (χ1n) is 5.43. The number of benzene rings is 1. The van der Waals surface area contributed by atoms with Gasteiger partial charge < -0.3 is 10.2 Å². The number of sulfonamides is 1. The zero-order valence-electron chi connectivity index (χ0n) is 10.6. The maximum atomic E-state index is 13.1. The van der Waals surface area contributed by atoms with Crippen LogP contribution in [0.1, 0.15) is 6.92 Å². The maximum Gasteiger partial charge on any atom is 0.324 e. The van der Waals surface area contributed by atoms with E-state index in [4.69, 9.17) is 5.11 Å². The van der Waals surface area contributed by atoms with E-state index in [0.717, 1.165) is 13.0 Å². The molecule has 11 heteroatoms. The Labute approximate surface area is 118 Å². The molecule has 0 heterocycles. The summed E-state index contributed by atoms with van der Waals surface area (Å²) in [7, 11) is -4.48. The molecule has 21 heavy (non-hydrogen) atoms. The van der Waals surface area contributed by atoms with Gasteiger partial charge in [0.05, 0.1) is 15.9 Å². The third-order valence-electron chi connectivity index (χ3n) is 2.46. The Balaban J connectivity index is 3.22. The lowest BCUT2D eigenvalue weighted by Gasteiger charge is -2.17. The van der Waals surface area contributed by atoms with Crippen molar-refractivity contribution in [3.63, 3.8) is 0 Å². The van der Waals surface area contributed by atoms with Crippen LogP contribution < -0.4 is 4.72 Å². The van der Waals surface area contributed by atoms with Gasteiger partial charge >= 0.3 is 11.7 Å². The molecule has 1 rings (SSSR count). The van der Waals surface area contributed by atoms with Crippen LogP contribution in [0.3, 0.4) is 0 Å². The van der Waals surface area contributed by atoms with Crippen molar-refractivity contribution >= 4 is 21.7 Å². The first kappa shape index (κ1) is 16.9. The number of carboxylic acid groups (broad SMARTS) is 1. The number of carbonyl (C=O) groups is 1. The number of nitrogens with zero attached hydrogens (tertiary/aromatic N) is 1. The van der Waals surface area contributed by atoms with E-state index >= 15 is 0 Å². The van der Waals surface area contributed by atoms with Crippen molar-refractivity contribution < 1.29 is 32.7 Å². The van der Waals surface area contributed by atoms with E-state index in [0.29, 0.717) is 12.1 Å². The summed E-state index contributed by atoms with van der Waals surface area (Å²) in [4.78, 5) is 19.6. The average Bonchev–Trinajstić information content (AvgIpc) is 2.35. The van der Waals surface area contributed by atoms with Crippen molar-refractivity contribution in [2.24, 2.45) is 0 Å². The topological polar surface area (TPSA) is 147 Å². The van der Waals surface area contributed by atoms with Gasteiger partial charge in [-0.05, 0) is 19.1 Å². The summed E-state index contributed by atoms with van der Waals surface area (Å²) in [6.45, 7) is 1.05. The van der Waals surface area contributed by atoms with E-state index < -0.39 is 49.5 Å². The predicted molar refractivity (Wildman–Crippen MR) is 66.5 cm³/mol. The van der Waals surface area contributed by atoms with Crippen LogP contribution in [0.5, 0.6) is 0 Å². The number of nitro benzene ring substituents is 1. The van der Waals surface area contributed by atoms with Gasteiger partial charge in [0.15, 0.2) is 0 Å². The molecular weight excluding hydrogens is 311 g/mol. The van der Waals surface area contributed by atoms with Gasteiger partial charge in [0.25, 0.3) is 0 Å². The number of nitrogens with one attached hydrogen (secondary N) is 1. The molecule has 2 atom stereocenters. The SMILES string of the molecule is CC(O)C(NS(=O)(=O)c1ccc(F)c([N+](=O)[O-])c1)C(=O)O. The molecule has 0 bridgehead atoms. The molecule has 0 radical (unpaired) electrons. The maximum absolute atomic E-state index is 13.1. The minimum Gasteiger partial charge on any atom is -0.480 e. The lowest BCUT2D eigenvalue weighted by molar-refractivity contribution is -0.387. The van der Waals surface area contributed by atoms with Crippen LogP contribution in [-0.4, -0.2) is 41.7 Å². The van der Waals surface area contributed by atoms with Gasteiger partial charge in [-0.1, -0.05) is 0 Å². The molecule has 1 aromatic carbocycles. The second kappa shape index (κ2) is 6.11. The Kier molecular flexibility index (Phi) is 4.93. The number of hydrogen-bond acceptors (Lipinski definition) is 6. The van der Waals surface area contributed by atoms with E-state index in [1.807, 2.05) is 0 Å².